The van der Waals surface area contributed by atoms with Crippen molar-refractivity contribution in [3.05, 3.63) is 33.8 Å². The lowest BCUT2D eigenvalue weighted by Crippen LogP contribution is -2.22. The monoisotopic (exact) mass is 380 g/mol. The number of benzene rings is 1. The van der Waals surface area contributed by atoms with Gasteiger partial charge in [0.15, 0.2) is 0 Å². The summed E-state index contributed by atoms with van der Waals surface area (Å²) < 4.78 is 27.8. The normalized spacial score (nSPS) is 20.1. The SMILES string of the molecule is CCC1(C(Br)c2cc(F)c(Br)cc2F)CCCC1. The first-order valence-electron chi connectivity index (χ1n) is 6.28. The Morgan fingerprint density at radius 3 is 2.39 bits per heavy atom. The van der Waals surface area contributed by atoms with Gasteiger partial charge in [0.05, 0.1) is 4.47 Å². The van der Waals surface area contributed by atoms with Gasteiger partial charge < -0.3 is 0 Å². The van der Waals surface area contributed by atoms with E-state index in [0.29, 0.717) is 5.56 Å². The molecule has 0 radical (unpaired) electrons. The van der Waals surface area contributed by atoms with Crippen LogP contribution in [0.25, 0.3) is 0 Å². The Hall–Kier alpha value is 0.0400. The Bertz CT molecular complexity index is 440. The van der Waals surface area contributed by atoms with Crippen molar-refractivity contribution in [2.24, 2.45) is 5.41 Å². The fraction of sp³-hybridized carbons (Fsp3) is 0.571. The zero-order chi connectivity index (χ0) is 13.3. The second-order valence-electron chi connectivity index (χ2n) is 5.07. The van der Waals surface area contributed by atoms with Gasteiger partial charge in [-0.05, 0) is 52.7 Å². The summed E-state index contributed by atoms with van der Waals surface area (Å²) in [6.45, 7) is 2.13. The van der Waals surface area contributed by atoms with Crippen molar-refractivity contribution in [3.8, 4) is 0 Å². The molecule has 1 saturated carbocycles. The van der Waals surface area contributed by atoms with E-state index in [4.69, 9.17) is 0 Å². The smallest absolute Gasteiger partial charge is 0.137 e. The molecule has 0 N–H and O–H groups in total. The summed E-state index contributed by atoms with van der Waals surface area (Å²) in [6.07, 6.45) is 5.50. The molecule has 0 nitrogen and oxygen atoms in total. The Labute approximate surface area is 123 Å². The summed E-state index contributed by atoms with van der Waals surface area (Å²) >= 11 is 6.63. The van der Waals surface area contributed by atoms with Crippen LogP contribution in [0.2, 0.25) is 0 Å². The van der Waals surface area contributed by atoms with Crippen LogP contribution in [0.5, 0.6) is 0 Å². The minimum Gasteiger partial charge on any atom is -0.207 e. The first-order valence-corrected chi connectivity index (χ1v) is 7.99. The average Bonchev–Trinajstić information content (AvgIpc) is 2.83. The first kappa shape index (κ1) is 14.4. The predicted molar refractivity (Wildman–Crippen MR) is 76.9 cm³/mol. The second kappa shape index (κ2) is 5.58. The molecule has 0 aromatic heterocycles. The molecule has 1 unspecified atom stereocenters. The molecule has 0 bridgehead atoms. The van der Waals surface area contributed by atoms with E-state index >= 15 is 0 Å². The molecule has 0 amide bonds. The summed E-state index contributed by atoms with van der Waals surface area (Å²) in [5.74, 6) is -0.745. The molecular weight excluding hydrogens is 366 g/mol. The molecule has 1 fully saturated rings. The van der Waals surface area contributed by atoms with Crippen LogP contribution < -0.4 is 0 Å². The molecule has 1 aliphatic carbocycles. The molecule has 1 aromatic rings. The highest BCUT2D eigenvalue weighted by molar-refractivity contribution is 9.10. The van der Waals surface area contributed by atoms with E-state index in [1.54, 1.807) is 0 Å². The third kappa shape index (κ3) is 2.51. The zero-order valence-corrected chi connectivity index (χ0v) is 13.5. The van der Waals surface area contributed by atoms with Gasteiger partial charge in [0.1, 0.15) is 11.6 Å². The van der Waals surface area contributed by atoms with E-state index in [9.17, 15) is 8.78 Å². The third-order valence-electron chi connectivity index (χ3n) is 4.15. The second-order valence-corrected chi connectivity index (χ2v) is 6.84. The van der Waals surface area contributed by atoms with Crippen molar-refractivity contribution in [3.63, 3.8) is 0 Å². The third-order valence-corrected chi connectivity index (χ3v) is 6.23. The van der Waals surface area contributed by atoms with Crippen LogP contribution in [0.1, 0.15) is 49.4 Å². The highest BCUT2D eigenvalue weighted by Gasteiger charge is 2.40. The maximum Gasteiger partial charge on any atom is 0.137 e. The van der Waals surface area contributed by atoms with Crippen molar-refractivity contribution >= 4 is 31.9 Å². The lowest BCUT2D eigenvalue weighted by Gasteiger charge is -2.33. The van der Waals surface area contributed by atoms with Crippen LogP contribution in [0.3, 0.4) is 0 Å². The molecule has 100 valence electrons. The lowest BCUT2D eigenvalue weighted by molar-refractivity contribution is 0.275. The summed E-state index contributed by atoms with van der Waals surface area (Å²) in [7, 11) is 0. The number of hydrogen-bond acceptors (Lipinski definition) is 0. The van der Waals surface area contributed by atoms with E-state index in [1.165, 1.54) is 25.0 Å². The fourth-order valence-corrected chi connectivity index (χ4v) is 4.38. The molecular formula is C14H16Br2F2. The topological polar surface area (TPSA) is 0 Å². The van der Waals surface area contributed by atoms with E-state index in [1.807, 2.05) is 0 Å². The maximum atomic E-state index is 14.0. The summed E-state index contributed by atoms with van der Waals surface area (Å²) in [5, 5.41) is 0. The van der Waals surface area contributed by atoms with Crippen molar-refractivity contribution in [2.45, 2.75) is 43.9 Å². The molecule has 1 atom stereocenters. The van der Waals surface area contributed by atoms with Crippen molar-refractivity contribution in [1.29, 1.82) is 0 Å². The Morgan fingerprint density at radius 1 is 1.22 bits per heavy atom. The molecule has 2 rings (SSSR count). The minimum atomic E-state index is -0.403. The fourth-order valence-electron chi connectivity index (χ4n) is 2.93. The number of halogens is 4. The van der Waals surface area contributed by atoms with Crippen molar-refractivity contribution in [2.75, 3.05) is 0 Å². The van der Waals surface area contributed by atoms with Crippen LogP contribution >= 0.6 is 31.9 Å². The maximum absolute atomic E-state index is 14.0. The number of alkyl halides is 1. The van der Waals surface area contributed by atoms with Crippen molar-refractivity contribution in [1.82, 2.24) is 0 Å². The highest BCUT2D eigenvalue weighted by Crippen LogP contribution is 2.54. The van der Waals surface area contributed by atoms with E-state index in [0.717, 1.165) is 19.3 Å². The van der Waals surface area contributed by atoms with Gasteiger partial charge >= 0.3 is 0 Å². The Morgan fingerprint density at radius 2 is 1.83 bits per heavy atom. The lowest BCUT2D eigenvalue weighted by atomic mass is 9.77. The largest absolute Gasteiger partial charge is 0.207 e. The quantitative estimate of drug-likeness (QED) is 0.436. The first-order chi connectivity index (χ1) is 8.50. The van der Waals surface area contributed by atoms with Gasteiger partial charge in [0.25, 0.3) is 0 Å². The summed E-state index contributed by atoms with van der Waals surface area (Å²) in [6, 6.07) is 2.53. The molecule has 0 aliphatic heterocycles. The molecule has 0 spiro atoms. The van der Waals surface area contributed by atoms with Gasteiger partial charge in [-0.25, -0.2) is 8.78 Å². The van der Waals surface area contributed by atoms with Gasteiger partial charge in [0.2, 0.25) is 0 Å². The average molecular weight is 382 g/mol. The molecule has 1 aromatic carbocycles. The Kier molecular flexibility index (Phi) is 4.48. The van der Waals surface area contributed by atoms with E-state index < -0.39 is 5.82 Å². The molecule has 4 heteroatoms. The van der Waals surface area contributed by atoms with Gasteiger partial charge in [0, 0.05) is 10.4 Å². The standard InChI is InChI=1S/C14H16Br2F2/c1-2-14(5-3-4-6-14)13(16)9-7-12(18)10(15)8-11(9)17/h7-8,13H,2-6H2,1H3. The van der Waals surface area contributed by atoms with Gasteiger partial charge in [-0.1, -0.05) is 35.7 Å². The predicted octanol–water partition coefficient (Wildman–Crippen LogP) is 6.13. The van der Waals surface area contributed by atoms with Crippen LogP contribution in [0.4, 0.5) is 8.78 Å². The molecule has 18 heavy (non-hydrogen) atoms. The van der Waals surface area contributed by atoms with Gasteiger partial charge in [-0.3, -0.25) is 0 Å². The van der Waals surface area contributed by atoms with Crippen LogP contribution in [-0.2, 0) is 0 Å². The van der Waals surface area contributed by atoms with Gasteiger partial charge in [-0.15, -0.1) is 0 Å². The number of hydrogen-bond donors (Lipinski definition) is 0. The molecule has 1 aliphatic rings. The summed E-state index contributed by atoms with van der Waals surface area (Å²) in [5.41, 5.74) is 0.514. The zero-order valence-electron chi connectivity index (χ0n) is 10.3. The van der Waals surface area contributed by atoms with Crippen molar-refractivity contribution < 1.29 is 8.78 Å². The summed E-state index contributed by atoms with van der Waals surface area (Å²) in [4.78, 5) is -0.111. The van der Waals surface area contributed by atoms with Crippen LogP contribution in [0, 0.1) is 17.0 Å². The highest BCUT2D eigenvalue weighted by atomic mass is 79.9. The van der Waals surface area contributed by atoms with Gasteiger partial charge in [-0.2, -0.15) is 0 Å². The van der Waals surface area contributed by atoms with Crippen LogP contribution in [-0.4, -0.2) is 0 Å². The minimum absolute atomic E-state index is 0.0705. The van der Waals surface area contributed by atoms with E-state index in [2.05, 4.69) is 38.8 Å². The van der Waals surface area contributed by atoms with Crippen LogP contribution in [0.15, 0.2) is 16.6 Å². The molecule has 0 saturated heterocycles. The molecule has 0 heterocycles. The Balaban J connectivity index is 2.39. The number of rotatable bonds is 3. The van der Waals surface area contributed by atoms with E-state index in [-0.39, 0.29) is 20.5 Å².